The molecule has 1 aromatic carbocycles. The molecule has 2 aliphatic rings. The van der Waals surface area contributed by atoms with E-state index in [0.29, 0.717) is 6.04 Å². The molecule has 0 spiro atoms. The zero-order valence-corrected chi connectivity index (χ0v) is 13.8. The minimum absolute atomic E-state index is 0.606. The molecule has 0 bridgehead atoms. The fourth-order valence-electron chi connectivity index (χ4n) is 3.90. The first kappa shape index (κ1) is 15.1. The monoisotopic (exact) mass is 285 g/mol. The molecule has 0 radical (unpaired) electrons. The highest BCUT2D eigenvalue weighted by Crippen LogP contribution is 2.41. The lowest BCUT2D eigenvalue weighted by molar-refractivity contribution is 0.254. The summed E-state index contributed by atoms with van der Waals surface area (Å²) in [5.41, 5.74) is 2.87. The Kier molecular flexibility index (Phi) is 5.00. The predicted molar refractivity (Wildman–Crippen MR) is 90.4 cm³/mol. The van der Waals surface area contributed by atoms with Crippen LogP contribution in [0.1, 0.15) is 69.0 Å². The average molecular weight is 285 g/mol. The lowest BCUT2D eigenvalue weighted by Crippen LogP contribution is -2.30. The van der Waals surface area contributed by atoms with Crippen LogP contribution in [0.4, 0.5) is 0 Å². The van der Waals surface area contributed by atoms with Crippen LogP contribution in [-0.2, 0) is 0 Å². The summed E-state index contributed by atoms with van der Waals surface area (Å²) in [4.78, 5) is 0. The van der Waals surface area contributed by atoms with E-state index in [2.05, 4.69) is 43.4 Å². The number of aryl methyl sites for hydroxylation is 1. The fraction of sp³-hybridized carbons (Fsp3) is 0.700. The number of rotatable bonds is 6. The maximum Gasteiger partial charge on any atom is 0.0348 e. The molecule has 1 atom stereocenters. The molecule has 2 saturated carbocycles. The van der Waals surface area contributed by atoms with Gasteiger partial charge in [-0.25, -0.2) is 0 Å². The van der Waals surface area contributed by atoms with Gasteiger partial charge < -0.3 is 5.32 Å². The summed E-state index contributed by atoms with van der Waals surface area (Å²) in [6.07, 6.45) is 10.0. The molecule has 0 saturated heterocycles. The molecular weight excluding hydrogens is 254 g/mol. The standard InChI is InChI=1S/C20H31N/c1-3-16-6-8-17(9-7-16)14-21-20(19-12-13-19)18-10-4-15(2)5-11-18/h4-5,10-11,16-17,19-21H,3,6-9,12-14H2,1-2H3. The molecule has 116 valence electrons. The molecule has 0 aromatic heterocycles. The largest absolute Gasteiger partial charge is 0.309 e. The minimum Gasteiger partial charge on any atom is -0.309 e. The molecule has 2 fully saturated rings. The van der Waals surface area contributed by atoms with Crippen molar-refractivity contribution in [1.82, 2.24) is 5.32 Å². The van der Waals surface area contributed by atoms with Crippen molar-refractivity contribution in [2.45, 2.75) is 64.8 Å². The van der Waals surface area contributed by atoms with Gasteiger partial charge in [-0.2, -0.15) is 0 Å². The maximum atomic E-state index is 3.92. The molecule has 0 heterocycles. The van der Waals surface area contributed by atoms with Crippen LogP contribution in [0.2, 0.25) is 0 Å². The second kappa shape index (κ2) is 6.96. The van der Waals surface area contributed by atoms with Gasteiger partial charge >= 0.3 is 0 Å². The van der Waals surface area contributed by atoms with Crippen molar-refractivity contribution in [2.24, 2.45) is 17.8 Å². The van der Waals surface area contributed by atoms with E-state index >= 15 is 0 Å². The van der Waals surface area contributed by atoms with E-state index < -0.39 is 0 Å². The number of hydrogen-bond donors (Lipinski definition) is 1. The van der Waals surface area contributed by atoms with Crippen LogP contribution < -0.4 is 5.32 Å². The van der Waals surface area contributed by atoms with Crippen molar-refractivity contribution in [3.63, 3.8) is 0 Å². The van der Waals surface area contributed by atoms with Crippen molar-refractivity contribution >= 4 is 0 Å². The van der Waals surface area contributed by atoms with Gasteiger partial charge in [0, 0.05) is 6.04 Å². The van der Waals surface area contributed by atoms with Crippen LogP contribution in [0.3, 0.4) is 0 Å². The van der Waals surface area contributed by atoms with Gasteiger partial charge in [-0.1, -0.05) is 56.0 Å². The molecule has 0 amide bonds. The quantitative estimate of drug-likeness (QED) is 0.752. The lowest BCUT2D eigenvalue weighted by atomic mass is 9.80. The van der Waals surface area contributed by atoms with Gasteiger partial charge in [0.25, 0.3) is 0 Å². The smallest absolute Gasteiger partial charge is 0.0348 e. The van der Waals surface area contributed by atoms with Crippen molar-refractivity contribution in [3.05, 3.63) is 35.4 Å². The summed E-state index contributed by atoms with van der Waals surface area (Å²) in [5, 5.41) is 3.92. The minimum atomic E-state index is 0.606. The summed E-state index contributed by atoms with van der Waals surface area (Å²) in [7, 11) is 0. The van der Waals surface area contributed by atoms with Gasteiger partial charge in [-0.15, -0.1) is 0 Å². The highest BCUT2D eigenvalue weighted by atomic mass is 14.9. The first-order valence-electron chi connectivity index (χ1n) is 9.06. The van der Waals surface area contributed by atoms with Crippen molar-refractivity contribution in [3.8, 4) is 0 Å². The van der Waals surface area contributed by atoms with E-state index in [-0.39, 0.29) is 0 Å². The molecule has 1 nitrogen and oxygen atoms in total. The number of hydrogen-bond acceptors (Lipinski definition) is 1. The van der Waals surface area contributed by atoms with E-state index in [1.54, 1.807) is 0 Å². The molecule has 0 aliphatic heterocycles. The zero-order chi connectivity index (χ0) is 14.7. The number of benzene rings is 1. The van der Waals surface area contributed by atoms with Crippen LogP contribution in [0, 0.1) is 24.7 Å². The Bertz CT molecular complexity index is 424. The van der Waals surface area contributed by atoms with Gasteiger partial charge in [0.1, 0.15) is 0 Å². The topological polar surface area (TPSA) is 12.0 Å². The third-order valence-electron chi connectivity index (χ3n) is 5.70. The van der Waals surface area contributed by atoms with Gasteiger partial charge in [-0.3, -0.25) is 0 Å². The number of nitrogens with one attached hydrogen (secondary N) is 1. The fourth-order valence-corrected chi connectivity index (χ4v) is 3.90. The zero-order valence-electron chi connectivity index (χ0n) is 13.8. The first-order valence-corrected chi connectivity index (χ1v) is 9.06. The Morgan fingerprint density at radius 3 is 2.14 bits per heavy atom. The maximum absolute atomic E-state index is 3.92. The summed E-state index contributed by atoms with van der Waals surface area (Å²) in [5.74, 6) is 2.82. The van der Waals surface area contributed by atoms with Crippen LogP contribution in [-0.4, -0.2) is 6.54 Å². The average Bonchev–Trinajstić information content (AvgIpc) is 3.35. The van der Waals surface area contributed by atoms with Crippen LogP contribution >= 0.6 is 0 Å². The van der Waals surface area contributed by atoms with Gasteiger partial charge in [0.15, 0.2) is 0 Å². The highest BCUT2D eigenvalue weighted by Gasteiger charge is 2.32. The first-order chi connectivity index (χ1) is 10.3. The Hall–Kier alpha value is -0.820. The van der Waals surface area contributed by atoms with E-state index in [4.69, 9.17) is 0 Å². The predicted octanol–water partition coefficient (Wildman–Crippen LogP) is 5.25. The summed E-state index contributed by atoms with van der Waals surface area (Å²) in [6, 6.07) is 9.80. The summed E-state index contributed by atoms with van der Waals surface area (Å²) >= 11 is 0. The Morgan fingerprint density at radius 2 is 1.57 bits per heavy atom. The van der Waals surface area contributed by atoms with Crippen LogP contribution in [0.5, 0.6) is 0 Å². The molecular formula is C20H31N. The SMILES string of the molecule is CCC1CCC(CNC(c2ccc(C)cc2)C2CC2)CC1. The van der Waals surface area contributed by atoms with E-state index in [1.807, 2.05) is 0 Å². The lowest BCUT2D eigenvalue weighted by Gasteiger charge is -2.30. The molecule has 1 aromatic rings. The summed E-state index contributed by atoms with van der Waals surface area (Å²) < 4.78 is 0. The summed E-state index contributed by atoms with van der Waals surface area (Å²) in [6.45, 7) is 5.75. The van der Waals surface area contributed by atoms with E-state index in [0.717, 1.165) is 17.8 Å². The highest BCUT2D eigenvalue weighted by molar-refractivity contribution is 5.25. The van der Waals surface area contributed by atoms with E-state index in [1.165, 1.54) is 62.6 Å². The molecule has 2 aliphatic carbocycles. The normalized spacial score (nSPS) is 27.5. The van der Waals surface area contributed by atoms with Gasteiger partial charge in [0.2, 0.25) is 0 Å². The van der Waals surface area contributed by atoms with Crippen LogP contribution in [0.15, 0.2) is 24.3 Å². The molecule has 1 heteroatoms. The molecule has 1 unspecified atom stereocenters. The van der Waals surface area contributed by atoms with Gasteiger partial charge in [-0.05, 0) is 62.5 Å². The third kappa shape index (κ3) is 4.10. The van der Waals surface area contributed by atoms with Gasteiger partial charge in [0.05, 0.1) is 0 Å². The Labute approximate surface area is 130 Å². The van der Waals surface area contributed by atoms with Crippen molar-refractivity contribution < 1.29 is 0 Å². The van der Waals surface area contributed by atoms with E-state index in [9.17, 15) is 0 Å². The van der Waals surface area contributed by atoms with Crippen molar-refractivity contribution in [2.75, 3.05) is 6.54 Å². The molecule has 3 rings (SSSR count). The second-order valence-electron chi connectivity index (χ2n) is 7.43. The molecule has 21 heavy (non-hydrogen) atoms. The Morgan fingerprint density at radius 1 is 0.952 bits per heavy atom. The third-order valence-corrected chi connectivity index (χ3v) is 5.70. The van der Waals surface area contributed by atoms with Crippen molar-refractivity contribution in [1.29, 1.82) is 0 Å². The Balaban J connectivity index is 1.53. The molecule has 1 N–H and O–H groups in total. The second-order valence-corrected chi connectivity index (χ2v) is 7.43. The van der Waals surface area contributed by atoms with Crippen LogP contribution in [0.25, 0.3) is 0 Å².